The van der Waals surface area contributed by atoms with Crippen LogP contribution in [0.15, 0.2) is 24.3 Å². The number of hydrogen-bond donors (Lipinski definition) is 1. The second-order valence-electron chi connectivity index (χ2n) is 5.59. The molecule has 1 aromatic rings. The molecule has 110 valence electrons. The Balaban J connectivity index is 1.95. The number of methoxy groups -OCH3 is 1. The van der Waals surface area contributed by atoms with Crippen LogP contribution in [-0.4, -0.2) is 37.6 Å². The van der Waals surface area contributed by atoms with Crippen molar-refractivity contribution in [2.24, 2.45) is 5.92 Å². The molecule has 0 aliphatic carbocycles. The molecular formula is C16H24N2O2. The lowest BCUT2D eigenvalue weighted by Crippen LogP contribution is -2.51. The van der Waals surface area contributed by atoms with Crippen LogP contribution < -0.4 is 10.1 Å². The molecule has 2 unspecified atom stereocenters. The van der Waals surface area contributed by atoms with Gasteiger partial charge < -0.3 is 15.0 Å². The quantitative estimate of drug-likeness (QED) is 0.915. The first kappa shape index (κ1) is 14.9. The van der Waals surface area contributed by atoms with Crippen LogP contribution in [0.3, 0.4) is 0 Å². The smallest absolute Gasteiger partial charge is 0.240 e. The number of ether oxygens (including phenoxy) is 1. The molecule has 0 aromatic heterocycles. The van der Waals surface area contributed by atoms with E-state index < -0.39 is 0 Å². The first-order valence-electron chi connectivity index (χ1n) is 7.23. The number of hydrogen-bond acceptors (Lipinski definition) is 3. The number of amides is 1. The number of nitrogens with zero attached hydrogens (tertiary/aromatic N) is 1. The van der Waals surface area contributed by atoms with E-state index in [9.17, 15) is 4.79 Å². The molecule has 1 heterocycles. The lowest BCUT2D eigenvalue weighted by Gasteiger charge is -2.32. The van der Waals surface area contributed by atoms with E-state index in [0.717, 1.165) is 30.7 Å². The van der Waals surface area contributed by atoms with Crippen molar-refractivity contribution in [2.75, 3.05) is 20.7 Å². The Morgan fingerprint density at radius 1 is 1.40 bits per heavy atom. The molecule has 1 saturated heterocycles. The maximum atomic E-state index is 12.5. The van der Waals surface area contributed by atoms with Gasteiger partial charge in [0.15, 0.2) is 0 Å². The molecule has 1 aliphatic heterocycles. The fraction of sp³-hybridized carbons (Fsp3) is 0.562. The molecule has 0 spiro atoms. The maximum Gasteiger partial charge on any atom is 0.240 e. The molecule has 20 heavy (non-hydrogen) atoms. The van der Waals surface area contributed by atoms with Crippen LogP contribution in [0.4, 0.5) is 0 Å². The van der Waals surface area contributed by atoms with Crippen LogP contribution in [0.2, 0.25) is 0 Å². The molecule has 4 heteroatoms. The molecule has 4 nitrogen and oxygen atoms in total. The average molecular weight is 276 g/mol. The Kier molecular flexibility index (Phi) is 5.01. The predicted octanol–water partition coefficient (Wildman–Crippen LogP) is 2.04. The summed E-state index contributed by atoms with van der Waals surface area (Å²) in [5, 5.41) is 3.34. The molecular weight excluding hydrogens is 252 g/mol. The van der Waals surface area contributed by atoms with Crippen molar-refractivity contribution < 1.29 is 9.53 Å². The Morgan fingerprint density at radius 2 is 2.10 bits per heavy atom. The number of benzene rings is 1. The van der Waals surface area contributed by atoms with Crippen molar-refractivity contribution >= 4 is 5.91 Å². The van der Waals surface area contributed by atoms with Crippen LogP contribution in [0, 0.1) is 5.92 Å². The fourth-order valence-corrected chi connectivity index (χ4v) is 2.70. The topological polar surface area (TPSA) is 41.6 Å². The van der Waals surface area contributed by atoms with Gasteiger partial charge in [-0.25, -0.2) is 0 Å². The predicted molar refractivity (Wildman–Crippen MR) is 79.7 cm³/mol. The number of carbonyl (C=O) groups is 1. The summed E-state index contributed by atoms with van der Waals surface area (Å²) in [6.45, 7) is 3.72. The average Bonchev–Trinajstić information content (AvgIpc) is 2.48. The van der Waals surface area contributed by atoms with Crippen molar-refractivity contribution in [1.29, 1.82) is 0 Å². The summed E-state index contributed by atoms with van der Waals surface area (Å²) in [7, 11) is 3.52. The molecule has 1 aliphatic rings. The van der Waals surface area contributed by atoms with Crippen molar-refractivity contribution in [2.45, 2.75) is 32.4 Å². The molecule has 1 N–H and O–H groups in total. The van der Waals surface area contributed by atoms with Gasteiger partial charge in [0, 0.05) is 13.6 Å². The monoisotopic (exact) mass is 276 g/mol. The second kappa shape index (κ2) is 6.75. The van der Waals surface area contributed by atoms with E-state index in [1.165, 1.54) is 0 Å². The summed E-state index contributed by atoms with van der Waals surface area (Å²) in [5.41, 5.74) is 1.12. The van der Waals surface area contributed by atoms with Gasteiger partial charge in [0.25, 0.3) is 0 Å². The zero-order valence-corrected chi connectivity index (χ0v) is 12.6. The van der Waals surface area contributed by atoms with Gasteiger partial charge in [-0.05, 0) is 43.0 Å². The van der Waals surface area contributed by atoms with Gasteiger partial charge in [-0.15, -0.1) is 0 Å². The highest BCUT2D eigenvalue weighted by Gasteiger charge is 2.29. The molecule has 1 aromatic carbocycles. The number of likely N-dealkylation sites (N-methyl/N-ethyl adjacent to an activating group) is 1. The van der Waals surface area contributed by atoms with Crippen molar-refractivity contribution in [3.8, 4) is 5.75 Å². The SMILES string of the molecule is COc1ccc(CN(C)C(=O)C2NCCCC2C)cc1. The second-order valence-corrected chi connectivity index (χ2v) is 5.59. The third-order valence-corrected chi connectivity index (χ3v) is 3.99. The summed E-state index contributed by atoms with van der Waals surface area (Å²) < 4.78 is 5.14. The number of carbonyl (C=O) groups excluding carboxylic acids is 1. The minimum absolute atomic E-state index is 0.0352. The molecule has 0 radical (unpaired) electrons. The van der Waals surface area contributed by atoms with Crippen molar-refractivity contribution in [3.05, 3.63) is 29.8 Å². The third-order valence-electron chi connectivity index (χ3n) is 3.99. The summed E-state index contributed by atoms with van der Waals surface area (Å²) in [6, 6.07) is 7.82. The highest BCUT2D eigenvalue weighted by Crippen LogP contribution is 2.18. The van der Waals surface area contributed by atoms with E-state index in [1.807, 2.05) is 31.3 Å². The van der Waals surface area contributed by atoms with Crippen LogP contribution in [-0.2, 0) is 11.3 Å². The van der Waals surface area contributed by atoms with Gasteiger partial charge in [0.1, 0.15) is 5.75 Å². The Morgan fingerprint density at radius 3 is 2.70 bits per heavy atom. The zero-order chi connectivity index (χ0) is 14.5. The highest BCUT2D eigenvalue weighted by atomic mass is 16.5. The van der Waals surface area contributed by atoms with Gasteiger partial charge in [-0.2, -0.15) is 0 Å². The van der Waals surface area contributed by atoms with Gasteiger partial charge >= 0.3 is 0 Å². The zero-order valence-electron chi connectivity index (χ0n) is 12.6. The van der Waals surface area contributed by atoms with Crippen LogP contribution >= 0.6 is 0 Å². The Hall–Kier alpha value is -1.55. The first-order valence-corrected chi connectivity index (χ1v) is 7.23. The molecule has 1 fully saturated rings. The maximum absolute atomic E-state index is 12.5. The van der Waals surface area contributed by atoms with Gasteiger partial charge in [-0.3, -0.25) is 4.79 Å². The van der Waals surface area contributed by atoms with Gasteiger partial charge in [-0.1, -0.05) is 19.1 Å². The van der Waals surface area contributed by atoms with Crippen LogP contribution in [0.25, 0.3) is 0 Å². The lowest BCUT2D eigenvalue weighted by atomic mass is 9.92. The van der Waals surface area contributed by atoms with E-state index in [1.54, 1.807) is 12.0 Å². The number of piperidine rings is 1. The molecule has 0 bridgehead atoms. The van der Waals surface area contributed by atoms with E-state index in [2.05, 4.69) is 12.2 Å². The minimum atomic E-state index is -0.0352. The van der Waals surface area contributed by atoms with Gasteiger partial charge in [0.05, 0.1) is 13.2 Å². The summed E-state index contributed by atoms with van der Waals surface area (Å²) >= 11 is 0. The molecule has 0 saturated carbocycles. The van der Waals surface area contributed by atoms with Crippen LogP contribution in [0.1, 0.15) is 25.3 Å². The summed E-state index contributed by atoms with van der Waals surface area (Å²) in [5.74, 6) is 1.44. The fourth-order valence-electron chi connectivity index (χ4n) is 2.70. The Bertz CT molecular complexity index is 444. The first-order chi connectivity index (χ1) is 9.61. The highest BCUT2D eigenvalue weighted by molar-refractivity contribution is 5.82. The lowest BCUT2D eigenvalue weighted by molar-refractivity contribution is -0.134. The van der Waals surface area contributed by atoms with Crippen molar-refractivity contribution in [1.82, 2.24) is 10.2 Å². The molecule has 2 atom stereocenters. The van der Waals surface area contributed by atoms with E-state index in [-0.39, 0.29) is 11.9 Å². The standard InChI is InChI=1S/C16H24N2O2/c1-12-5-4-10-17-15(12)16(19)18(2)11-13-6-8-14(20-3)9-7-13/h6-9,12,15,17H,4-5,10-11H2,1-3H3. The summed E-state index contributed by atoms with van der Waals surface area (Å²) in [4.78, 5) is 14.3. The Labute approximate surface area is 121 Å². The molecule has 2 rings (SSSR count). The van der Waals surface area contributed by atoms with Gasteiger partial charge in [0.2, 0.25) is 5.91 Å². The normalized spacial score (nSPS) is 22.4. The summed E-state index contributed by atoms with van der Waals surface area (Å²) in [6.07, 6.45) is 2.28. The minimum Gasteiger partial charge on any atom is -0.497 e. The van der Waals surface area contributed by atoms with Crippen LogP contribution in [0.5, 0.6) is 5.75 Å². The van der Waals surface area contributed by atoms with Crippen molar-refractivity contribution in [3.63, 3.8) is 0 Å². The number of rotatable bonds is 4. The largest absolute Gasteiger partial charge is 0.497 e. The van der Waals surface area contributed by atoms with E-state index in [0.29, 0.717) is 12.5 Å². The third kappa shape index (κ3) is 3.51. The number of nitrogens with one attached hydrogen (secondary N) is 1. The van der Waals surface area contributed by atoms with E-state index in [4.69, 9.17) is 4.74 Å². The molecule has 1 amide bonds. The van der Waals surface area contributed by atoms with E-state index >= 15 is 0 Å².